The van der Waals surface area contributed by atoms with Gasteiger partial charge in [0.25, 0.3) is 5.27 Å². The molecule has 0 N–H and O–H groups in total. The van der Waals surface area contributed by atoms with Crippen LogP contribution >= 0.6 is 22.4 Å². The fraction of sp³-hybridized carbons (Fsp3) is 1.00. The zero-order valence-corrected chi connectivity index (χ0v) is 8.26. The van der Waals surface area contributed by atoms with Gasteiger partial charge in [-0.05, 0) is 24.9 Å². The van der Waals surface area contributed by atoms with Crippen molar-refractivity contribution < 1.29 is 0 Å². The van der Waals surface area contributed by atoms with E-state index in [-0.39, 0.29) is 0 Å². The summed E-state index contributed by atoms with van der Waals surface area (Å²) in [5.41, 5.74) is 0. The molecule has 0 aromatic rings. The van der Waals surface area contributed by atoms with Gasteiger partial charge in [-0.15, -0.1) is 22.4 Å². The molecule has 0 bridgehead atoms. The van der Waals surface area contributed by atoms with Crippen molar-refractivity contribution in [3.8, 4) is 0 Å². The molecule has 1 rings (SSSR count). The van der Waals surface area contributed by atoms with E-state index in [1.54, 1.807) is 0 Å². The third kappa shape index (κ3) is 1.61. The van der Waals surface area contributed by atoms with Gasteiger partial charge in [0.1, 0.15) is 0 Å². The van der Waals surface area contributed by atoms with Gasteiger partial charge in [0, 0.05) is 0 Å². The van der Waals surface area contributed by atoms with E-state index in [0.29, 0.717) is 0 Å². The van der Waals surface area contributed by atoms with Crippen LogP contribution in [-0.2, 0) is 0 Å². The minimum absolute atomic E-state index is 0.830. The molecule has 0 aromatic carbocycles. The minimum Gasteiger partial charge on any atom is -0.331 e. The Morgan fingerprint density at radius 3 is 2.00 bits per heavy atom. The van der Waals surface area contributed by atoms with Crippen LogP contribution in [0.5, 0.6) is 0 Å². The van der Waals surface area contributed by atoms with Crippen LogP contribution < -0.4 is 0 Å². The van der Waals surface area contributed by atoms with Gasteiger partial charge in [0.2, 0.25) is 0 Å². The zero-order chi connectivity index (χ0) is 6.85. The third-order valence-corrected chi connectivity index (χ3v) is 3.06. The van der Waals surface area contributed by atoms with Crippen LogP contribution in [0.15, 0.2) is 0 Å². The summed E-state index contributed by atoms with van der Waals surface area (Å²) >= 11 is 2.45. The van der Waals surface area contributed by atoms with Crippen molar-refractivity contribution >= 4 is 27.6 Å². The van der Waals surface area contributed by atoms with E-state index >= 15 is 0 Å². The molecule has 1 saturated heterocycles. The molecular formula is C6H13BIN. The first-order valence-electron chi connectivity index (χ1n) is 3.57. The quantitative estimate of drug-likeness (QED) is 0.494. The van der Waals surface area contributed by atoms with Crippen LogP contribution in [0.1, 0.15) is 26.7 Å². The van der Waals surface area contributed by atoms with Crippen LogP contribution in [0.2, 0.25) is 0 Å². The lowest BCUT2D eigenvalue weighted by molar-refractivity contribution is 0.375. The molecule has 3 heteroatoms. The zero-order valence-electron chi connectivity index (χ0n) is 6.10. The van der Waals surface area contributed by atoms with Gasteiger partial charge in [-0.2, -0.15) is 0 Å². The molecular weight excluding hydrogens is 224 g/mol. The molecule has 2 atom stereocenters. The second-order valence-electron chi connectivity index (χ2n) is 2.91. The van der Waals surface area contributed by atoms with Crippen LogP contribution in [0, 0.1) is 0 Å². The average molecular weight is 237 g/mol. The molecule has 0 aromatic heterocycles. The highest BCUT2D eigenvalue weighted by Crippen LogP contribution is 2.22. The molecule has 1 aliphatic heterocycles. The minimum atomic E-state index is 0.830. The summed E-state index contributed by atoms with van der Waals surface area (Å²) in [5.74, 6) is 0. The Morgan fingerprint density at radius 2 is 1.78 bits per heavy atom. The highest BCUT2D eigenvalue weighted by atomic mass is 127. The maximum absolute atomic E-state index is 2.56. The SMILES string of the molecule is CC1CCC(C)N1BI. The fourth-order valence-electron chi connectivity index (χ4n) is 1.48. The maximum Gasteiger partial charge on any atom is 0.280 e. The number of rotatable bonds is 1. The molecule has 1 heterocycles. The maximum atomic E-state index is 2.56. The van der Waals surface area contributed by atoms with E-state index in [1.807, 2.05) is 0 Å². The summed E-state index contributed by atoms with van der Waals surface area (Å²) in [6, 6.07) is 1.66. The molecule has 2 unspecified atom stereocenters. The van der Waals surface area contributed by atoms with Crippen molar-refractivity contribution in [1.29, 1.82) is 0 Å². The first-order valence-corrected chi connectivity index (χ1v) is 5.10. The summed E-state index contributed by atoms with van der Waals surface area (Å²) in [6.07, 6.45) is 2.79. The first-order chi connectivity index (χ1) is 4.25. The van der Waals surface area contributed by atoms with Crippen LogP contribution in [0.3, 0.4) is 0 Å². The van der Waals surface area contributed by atoms with Crippen molar-refractivity contribution in [2.45, 2.75) is 38.8 Å². The molecule has 0 radical (unpaired) electrons. The van der Waals surface area contributed by atoms with E-state index < -0.39 is 0 Å². The Bertz CT molecular complexity index is 89.1. The lowest BCUT2D eigenvalue weighted by Gasteiger charge is -2.22. The second-order valence-corrected chi connectivity index (χ2v) is 3.59. The van der Waals surface area contributed by atoms with E-state index in [2.05, 4.69) is 41.0 Å². The molecule has 1 aliphatic rings. The van der Waals surface area contributed by atoms with Gasteiger partial charge in [-0.3, -0.25) is 0 Å². The smallest absolute Gasteiger partial charge is 0.280 e. The van der Waals surface area contributed by atoms with Crippen LogP contribution in [0.25, 0.3) is 0 Å². The molecule has 0 spiro atoms. The molecule has 0 saturated carbocycles. The highest BCUT2D eigenvalue weighted by Gasteiger charge is 2.25. The van der Waals surface area contributed by atoms with Crippen molar-refractivity contribution in [3.63, 3.8) is 0 Å². The van der Waals surface area contributed by atoms with Gasteiger partial charge >= 0.3 is 0 Å². The van der Waals surface area contributed by atoms with Gasteiger partial charge in [-0.1, -0.05) is 13.8 Å². The van der Waals surface area contributed by atoms with Crippen molar-refractivity contribution in [1.82, 2.24) is 4.81 Å². The average Bonchev–Trinajstić information content (AvgIpc) is 2.12. The molecule has 0 aliphatic carbocycles. The predicted molar refractivity (Wildman–Crippen MR) is 51.2 cm³/mol. The van der Waals surface area contributed by atoms with E-state index in [1.165, 1.54) is 18.1 Å². The Hall–Kier alpha value is 0.755. The Labute approximate surface area is 71.3 Å². The largest absolute Gasteiger partial charge is 0.331 e. The lowest BCUT2D eigenvalue weighted by Crippen LogP contribution is -2.33. The molecule has 1 fully saturated rings. The predicted octanol–water partition coefficient (Wildman–Crippen LogP) is 1.56. The standard InChI is InChI=1S/C6H13BIN/c1-5-3-4-6(2)9(5)7-8/h5-7H,3-4H2,1-2H3. The van der Waals surface area contributed by atoms with Crippen molar-refractivity contribution in [2.24, 2.45) is 0 Å². The normalized spacial score (nSPS) is 37.2. The monoisotopic (exact) mass is 237 g/mol. The summed E-state index contributed by atoms with van der Waals surface area (Å²) in [6.45, 7) is 4.64. The lowest BCUT2D eigenvalue weighted by atomic mass is 10.2. The van der Waals surface area contributed by atoms with Gasteiger partial charge in [0.05, 0.1) is 0 Å². The Morgan fingerprint density at radius 1 is 1.33 bits per heavy atom. The fourth-order valence-corrected chi connectivity index (χ4v) is 2.83. The molecule has 52 valence electrons. The number of nitrogens with zero attached hydrogens (tertiary/aromatic N) is 1. The van der Waals surface area contributed by atoms with Gasteiger partial charge in [-0.25, -0.2) is 0 Å². The highest BCUT2D eigenvalue weighted by molar-refractivity contribution is 14.1. The summed E-state index contributed by atoms with van der Waals surface area (Å²) in [4.78, 5) is 2.56. The molecule has 1 nitrogen and oxygen atoms in total. The van der Waals surface area contributed by atoms with E-state index in [0.717, 1.165) is 12.1 Å². The van der Waals surface area contributed by atoms with E-state index in [9.17, 15) is 0 Å². The second kappa shape index (κ2) is 3.24. The van der Waals surface area contributed by atoms with Crippen LogP contribution in [-0.4, -0.2) is 22.2 Å². The molecule has 0 amide bonds. The summed E-state index contributed by atoms with van der Waals surface area (Å²) < 4.78 is 0. The topological polar surface area (TPSA) is 3.24 Å². The van der Waals surface area contributed by atoms with Gasteiger partial charge in [0.15, 0.2) is 0 Å². The third-order valence-electron chi connectivity index (χ3n) is 2.27. The number of hydrogen-bond acceptors (Lipinski definition) is 1. The van der Waals surface area contributed by atoms with Crippen LogP contribution in [0.4, 0.5) is 0 Å². The summed E-state index contributed by atoms with van der Waals surface area (Å²) in [5, 5.41) is 1.19. The van der Waals surface area contributed by atoms with E-state index in [4.69, 9.17) is 0 Å². The first kappa shape index (κ1) is 7.86. The Kier molecular flexibility index (Phi) is 2.83. The number of hydrogen-bond donors (Lipinski definition) is 0. The van der Waals surface area contributed by atoms with Crippen molar-refractivity contribution in [2.75, 3.05) is 0 Å². The van der Waals surface area contributed by atoms with Gasteiger partial charge < -0.3 is 4.81 Å². The Balaban J connectivity index is 2.44. The molecule has 9 heavy (non-hydrogen) atoms. The van der Waals surface area contributed by atoms with Crippen molar-refractivity contribution in [3.05, 3.63) is 0 Å². The number of halogens is 1. The summed E-state index contributed by atoms with van der Waals surface area (Å²) in [7, 11) is 0.